The summed E-state index contributed by atoms with van der Waals surface area (Å²) in [5.41, 5.74) is 2.17. The number of ether oxygens (including phenoxy) is 1. The van der Waals surface area contributed by atoms with Crippen molar-refractivity contribution < 1.29 is 4.74 Å². The smallest absolute Gasteiger partial charge is 0.146 e. The topological polar surface area (TPSA) is 49.9 Å². The Bertz CT molecular complexity index is 1040. The fourth-order valence-electron chi connectivity index (χ4n) is 5.05. The normalized spacial score (nSPS) is 22.6. The molecule has 1 fully saturated rings. The molecular weight excluding hydrogens is 394 g/mol. The lowest BCUT2D eigenvalue weighted by Crippen LogP contribution is -2.46. The summed E-state index contributed by atoms with van der Waals surface area (Å²) in [5.74, 6) is 3.94. The van der Waals surface area contributed by atoms with Gasteiger partial charge < -0.3 is 15.0 Å². The molecule has 0 amide bonds. The molecule has 0 radical (unpaired) electrons. The highest BCUT2D eigenvalue weighted by Gasteiger charge is 2.30. The number of nitrogens with one attached hydrogen (secondary N) is 2. The van der Waals surface area contributed by atoms with Crippen LogP contribution in [-0.2, 0) is 0 Å². The molecule has 2 N–H and O–H groups in total. The van der Waals surface area contributed by atoms with Crippen LogP contribution in [0.3, 0.4) is 0 Å². The van der Waals surface area contributed by atoms with Crippen LogP contribution in [0.2, 0.25) is 0 Å². The maximum absolute atomic E-state index is 6.05. The Labute approximate surface area is 192 Å². The molecule has 1 aliphatic carbocycles. The summed E-state index contributed by atoms with van der Waals surface area (Å²) in [6, 6.07) is 11.2. The number of nitrogens with zero attached hydrogens (tertiary/aromatic N) is 1. The van der Waals surface area contributed by atoms with Crippen LogP contribution < -0.4 is 10.1 Å². The largest absolute Gasteiger partial charge is 0.456 e. The Hall–Kier alpha value is -2.59. The molecule has 4 heteroatoms. The minimum Gasteiger partial charge on any atom is -0.456 e. The first-order chi connectivity index (χ1) is 15.5. The molecule has 1 aliphatic rings. The van der Waals surface area contributed by atoms with Crippen molar-refractivity contribution in [3.63, 3.8) is 0 Å². The first kappa shape index (κ1) is 22.6. The van der Waals surface area contributed by atoms with Gasteiger partial charge in [0.05, 0.1) is 6.20 Å². The molecule has 0 aliphatic heterocycles. The Morgan fingerprint density at radius 2 is 2.00 bits per heavy atom. The van der Waals surface area contributed by atoms with E-state index in [1.807, 2.05) is 42.7 Å². The lowest BCUT2D eigenvalue weighted by molar-refractivity contribution is 0.161. The van der Waals surface area contributed by atoms with Gasteiger partial charge in [-0.15, -0.1) is 0 Å². The zero-order valence-electron chi connectivity index (χ0n) is 19.8. The van der Waals surface area contributed by atoms with Crippen molar-refractivity contribution in [2.45, 2.75) is 65.5 Å². The van der Waals surface area contributed by atoms with Crippen LogP contribution in [0.25, 0.3) is 17.0 Å². The third-order valence-corrected chi connectivity index (χ3v) is 6.82. The van der Waals surface area contributed by atoms with Gasteiger partial charge in [0.2, 0.25) is 0 Å². The Morgan fingerprint density at radius 1 is 1.12 bits per heavy atom. The van der Waals surface area contributed by atoms with Crippen LogP contribution in [0.4, 0.5) is 0 Å². The Balaban J connectivity index is 1.33. The molecule has 4 rings (SSSR count). The zero-order chi connectivity index (χ0) is 22.5. The molecule has 0 saturated heterocycles. The molecule has 3 unspecified atom stereocenters. The molecule has 1 saturated carbocycles. The predicted molar refractivity (Wildman–Crippen MR) is 134 cm³/mol. The van der Waals surface area contributed by atoms with Crippen molar-refractivity contribution >= 4 is 17.0 Å². The number of fused-ring (bicyclic) bond motifs is 1. The van der Waals surface area contributed by atoms with Gasteiger partial charge in [-0.2, -0.15) is 0 Å². The summed E-state index contributed by atoms with van der Waals surface area (Å²) in [6.07, 6.45) is 15.0. The summed E-state index contributed by atoms with van der Waals surface area (Å²) in [4.78, 5) is 7.57. The lowest BCUT2D eigenvalue weighted by Gasteiger charge is -2.39. The van der Waals surface area contributed by atoms with Crippen LogP contribution in [-0.4, -0.2) is 22.1 Å². The van der Waals surface area contributed by atoms with E-state index in [4.69, 9.17) is 4.74 Å². The van der Waals surface area contributed by atoms with Gasteiger partial charge in [-0.05, 0) is 79.8 Å². The van der Waals surface area contributed by atoms with E-state index in [-0.39, 0.29) is 0 Å². The number of hydrogen-bond donors (Lipinski definition) is 2. The van der Waals surface area contributed by atoms with E-state index < -0.39 is 0 Å². The minimum atomic E-state index is 0.461. The second kappa shape index (κ2) is 10.4. The van der Waals surface area contributed by atoms with E-state index in [9.17, 15) is 0 Å². The Morgan fingerprint density at radius 3 is 2.84 bits per heavy atom. The zero-order valence-corrected chi connectivity index (χ0v) is 19.8. The summed E-state index contributed by atoms with van der Waals surface area (Å²) in [7, 11) is 0. The van der Waals surface area contributed by atoms with Crippen molar-refractivity contribution in [2.75, 3.05) is 0 Å². The summed E-state index contributed by atoms with van der Waals surface area (Å²) >= 11 is 0. The van der Waals surface area contributed by atoms with Gasteiger partial charge in [0.1, 0.15) is 11.5 Å². The highest BCUT2D eigenvalue weighted by Crippen LogP contribution is 2.34. The second-order valence-corrected chi connectivity index (χ2v) is 9.92. The van der Waals surface area contributed by atoms with E-state index in [1.165, 1.54) is 19.3 Å². The van der Waals surface area contributed by atoms with Crippen molar-refractivity contribution in [3.8, 4) is 11.5 Å². The van der Waals surface area contributed by atoms with Gasteiger partial charge in [-0.3, -0.25) is 4.98 Å². The fraction of sp³-hybridized carbons (Fsp3) is 0.464. The molecule has 2 aromatic heterocycles. The molecule has 0 spiro atoms. The molecule has 4 atom stereocenters. The van der Waals surface area contributed by atoms with Gasteiger partial charge in [-0.25, -0.2) is 0 Å². The van der Waals surface area contributed by atoms with E-state index in [2.05, 4.69) is 55.1 Å². The summed E-state index contributed by atoms with van der Waals surface area (Å²) in [5, 5.41) is 5.07. The molecule has 0 bridgehead atoms. The maximum atomic E-state index is 6.05. The van der Waals surface area contributed by atoms with E-state index >= 15 is 0 Å². The third kappa shape index (κ3) is 5.80. The number of hydrogen-bond acceptors (Lipinski definition) is 3. The number of H-pyrrole nitrogens is 1. The van der Waals surface area contributed by atoms with E-state index in [0.717, 1.165) is 52.1 Å². The third-order valence-electron chi connectivity index (χ3n) is 6.82. The van der Waals surface area contributed by atoms with Crippen LogP contribution >= 0.6 is 0 Å². The standard InChI is InChI=1S/C28H37N3O/c1-19(2)26-10-8-20(3)14-28(26)31-21(4)6-5-7-22-15-25(18-29-17-22)32-24-9-11-27-23(16-24)12-13-30-27/h5,7,9,11-13,15-21,26,28,30-31H,6,8,10,14H2,1-4H3/t20?,21-,26?,28?/m0/s1. The highest BCUT2D eigenvalue weighted by molar-refractivity contribution is 5.80. The number of pyridine rings is 1. The summed E-state index contributed by atoms with van der Waals surface area (Å²) in [6.45, 7) is 9.45. The Kier molecular flexibility index (Phi) is 7.31. The molecule has 170 valence electrons. The molecule has 3 aromatic rings. The van der Waals surface area contributed by atoms with Crippen LogP contribution in [0, 0.1) is 17.8 Å². The second-order valence-electron chi connectivity index (χ2n) is 9.92. The predicted octanol–water partition coefficient (Wildman–Crippen LogP) is 7.20. The number of benzene rings is 1. The first-order valence-electron chi connectivity index (χ1n) is 12.1. The van der Waals surface area contributed by atoms with Gasteiger partial charge in [0.25, 0.3) is 0 Å². The van der Waals surface area contributed by atoms with Crippen LogP contribution in [0.5, 0.6) is 11.5 Å². The summed E-state index contributed by atoms with van der Waals surface area (Å²) < 4.78 is 6.05. The van der Waals surface area contributed by atoms with Crippen molar-refractivity contribution in [1.82, 2.24) is 15.3 Å². The fourth-order valence-corrected chi connectivity index (χ4v) is 5.05. The number of aromatic amines is 1. The number of aromatic nitrogens is 2. The molecule has 4 nitrogen and oxygen atoms in total. The molecule has 2 heterocycles. The monoisotopic (exact) mass is 431 g/mol. The van der Waals surface area contributed by atoms with E-state index in [0.29, 0.717) is 12.1 Å². The van der Waals surface area contributed by atoms with E-state index in [1.54, 1.807) is 6.20 Å². The first-order valence-corrected chi connectivity index (χ1v) is 12.1. The van der Waals surface area contributed by atoms with Gasteiger partial charge >= 0.3 is 0 Å². The van der Waals surface area contributed by atoms with Gasteiger partial charge in [0.15, 0.2) is 0 Å². The van der Waals surface area contributed by atoms with Crippen molar-refractivity contribution in [3.05, 3.63) is 60.6 Å². The molecule has 1 aromatic carbocycles. The van der Waals surface area contributed by atoms with Gasteiger partial charge in [0, 0.05) is 35.4 Å². The number of rotatable bonds is 8. The van der Waals surface area contributed by atoms with Crippen LogP contribution in [0.15, 0.2) is 55.0 Å². The van der Waals surface area contributed by atoms with Crippen molar-refractivity contribution in [1.29, 1.82) is 0 Å². The molecule has 32 heavy (non-hydrogen) atoms. The average Bonchev–Trinajstić information content (AvgIpc) is 3.22. The molecular formula is C28H37N3O. The SMILES string of the molecule is CC1CCC(C(C)C)C(N[C@@H](C)CC=Cc2cncc(Oc3ccc4[nH]ccc4c3)c2)C1. The van der Waals surface area contributed by atoms with Crippen LogP contribution in [0.1, 0.15) is 58.9 Å². The quantitative estimate of drug-likeness (QED) is 0.396. The van der Waals surface area contributed by atoms with Gasteiger partial charge in [-0.1, -0.05) is 39.3 Å². The van der Waals surface area contributed by atoms with Crippen molar-refractivity contribution in [2.24, 2.45) is 17.8 Å². The highest BCUT2D eigenvalue weighted by atomic mass is 16.5. The minimum absolute atomic E-state index is 0.461. The average molecular weight is 432 g/mol. The lowest BCUT2D eigenvalue weighted by atomic mass is 9.74. The maximum Gasteiger partial charge on any atom is 0.146 e.